The highest BCUT2D eigenvalue weighted by Gasteiger charge is 2.13. The van der Waals surface area contributed by atoms with Crippen LogP contribution in [0.15, 0.2) is 24.3 Å². The average molecular weight is 236 g/mol. The third kappa shape index (κ3) is 4.59. The van der Waals surface area contributed by atoms with Gasteiger partial charge in [0, 0.05) is 6.08 Å². The van der Waals surface area contributed by atoms with Gasteiger partial charge in [-0.05, 0) is 44.5 Å². The van der Waals surface area contributed by atoms with Gasteiger partial charge in [-0.1, -0.05) is 6.07 Å². The molecule has 17 heavy (non-hydrogen) atoms. The van der Waals surface area contributed by atoms with Crippen molar-refractivity contribution in [1.29, 1.82) is 0 Å². The molecule has 0 bridgehead atoms. The van der Waals surface area contributed by atoms with Crippen molar-refractivity contribution in [1.82, 2.24) is 0 Å². The second kappa shape index (κ2) is 4.91. The molecule has 0 aliphatic rings. The molecule has 92 valence electrons. The van der Waals surface area contributed by atoms with Crippen LogP contribution in [0.2, 0.25) is 0 Å². The Morgan fingerprint density at radius 1 is 1.24 bits per heavy atom. The number of esters is 1. The maximum Gasteiger partial charge on any atom is 0.331 e. The second-order valence-corrected chi connectivity index (χ2v) is 4.61. The molecule has 0 heterocycles. The number of hydrogen-bond donors (Lipinski definition) is 2. The van der Waals surface area contributed by atoms with E-state index >= 15 is 0 Å². The summed E-state index contributed by atoms with van der Waals surface area (Å²) in [7, 11) is 0. The molecule has 1 rings (SSSR count). The summed E-state index contributed by atoms with van der Waals surface area (Å²) < 4.78 is 5.08. The Hall–Kier alpha value is -1.97. The average Bonchev–Trinajstić information content (AvgIpc) is 2.17. The monoisotopic (exact) mass is 236 g/mol. The molecule has 0 amide bonds. The Kier molecular flexibility index (Phi) is 3.78. The summed E-state index contributed by atoms with van der Waals surface area (Å²) >= 11 is 0. The predicted octanol–water partition coefficient (Wildman–Crippen LogP) is 2.45. The molecular formula is C13H16O4. The Bertz CT molecular complexity index is 441. The molecule has 1 aromatic rings. The first-order valence-corrected chi connectivity index (χ1v) is 5.21. The van der Waals surface area contributed by atoms with E-state index in [4.69, 9.17) is 9.84 Å². The van der Waals surface area contributed by atoms with E-state index in [0.717, 1.165) is 0 Å². The number of aromatic hydroxyl groups is 2. The molecule has 0 radical (unpaired) electrons. The molecule has 0 spiro atoms. The molecule has 1 aromatic carbocycles. The van der Waals surface area contributed by atoms with E-state index in [1.807, 2.05) is 0 Å². The first-order chi connectivity index (χ1) is 7.78. The van der Waals surface area contributed by atoms with Crippen LogP contribution in [0.5, 0.6) is 11.5 Å². The molecule has 0 unspecified atom stereocenters. The van der Waals surface area contributed by atoms with Crippen LogP contribution in [0.25, 0.3) is 6.08 Å². The molecule has 0 atom stereocenters. The van der Waals surface area contributed by atoms with Crippen LogP contribution in [0.3, 0.4) is 0 Å². The quantitative estimate of drug-likeness (QED) is 0.470. The van der Waals surface area contributed by atoms with Crippen LogP contribution in [0.4, 0.5) is 0 Å². The lowest BCUT2D eigenvalue weighted by Gasteiger charge is -2.17. The van der Waals surface area contributed by atoms with E-state index in [-0.39, 0.29) is 11.5 Å². The highest BCUT2D eigenvalue weighted by molar-refractivity contribution is 5.87. The first kappa shape index (κ1) is 13.1. The van der Waals surface area contributed by atoms with E-state index in [1.165, 1.54) is 24.3 Å². The van der Waals surface area contributed by atoms with Gasteiger partial charge in [-0.25, -0.2) is 4.79 Å². The van der Waals surface area contributed by atoms with Gasteiger partial charge >= 0.3 is 5.97 Å². The van der Waals surface area contributed by atoms with Crippen LogP contribution in [-0.4, -0.2) is 21.8 Å². The minimum Gasteiger partial charge on any atom is -0.504 e. The van der Waals surface area contributed by atoms with Crippen molar-refractivity contribution in [2.24, 2.45) is 0 Å². The molecule has 0 aliphatic heterocycles. The number of phenolic OH excluding ortho intramolecular Hbond substituents is 2. The fraction of sp³-hybridized carbons (Fsp3) is 0.308. The molecule has 4 heteroatoms. The molecule has 0 fully saturated rings. The lowest BCUT2D eigenvalue weighted by Crippen LogP contribution is -2.22. The number of hydrogen-bond acceptors (Lipinski definition) is 4. The number of ether oxygens (including phenoxy) is 1. The van der Waals surface area contributed by atoms with Crippen molar-refractivity contribution in [2.45, 2.75) is 26.4 Å². The fourth-order valence-corrected chi connectivity index (χ4v) is 1.14. The third-order valence-corrected chi connectivity index (χ3v) is 1.82. The maximum atomic E-state index is 11.4. The number of carbonyl (C=O) groups is 1. The summed E-state index contributed by atoms with van der Waals surface area (Å²) in [4.78, 5) is 11.4. The summed E-state index contributed by atoms with van der Waals surface area (Å²) in [5.74, 6) is -0.874. The van der Waals surface area contributed by atoms with Crippen molar-refractivity contribution in [2.75, 3.05) is 0 Å². The SMILES string of the molecule is CC(C)(C)OC(=O)/C=C/c1ccc(O)c(O)c1. The molecule has 0 aromatic heterocycles. The Balaban J connectivity index is 2.71. The number of phenols is 2. The van der Waals surface area contributed by atoms with Gasteiger partial charge in [0.05, 0.1) is 0 Å². The number of carbonyl (C=O) groups excluding carboxylic acids is 1. The minimum absolute atomic E-state index is 0.195. The van der Waals surface area contributed by atoms with Crippen LogP contribution in [-0.2, 0) is 9.53 Å². The van der Waals surface area contributed by atoms with Gasteiger partial charge in [0.2, 0.25) is 0 Å². The first-order valence-electron chi connectivity index (χ1n) is 5.21. The smallest absolute Gasteiger partial charge is 0.331 e. The van der Waals surface area contributed by atoms with Crippen molar-refractivity contribution >= 4 is 12.0 Å². The topological polar surface area (TPSA) is 66.8 Å². The summed E-state index contributed by atoms with van der Waals surface area (Å²) in [6.07, 6.45) is 2.78. The summed E-state index contributed by atoms with van der Waals surface area (Å²) in [6.45, 7) is 5.35. The van der Waals surface area contributed by atoms with Gasteiger partial charge in [0.25, 0.3) is 0 Å². The predicted molar refractivity (Wildman–Crippen MR) is 64.7 cm³/mol. The van der Waals surface area contributed by atoms with E-state index < -0.39 is 11.6 Å². The minimum atomic E-state index is -0.529. The zero-order valence-corrected chi connectivity index (χ0v) is 10.1. The van der Waals surface area contributed by atoms with Gasteiger partial charge in [-0.3, -0.25) is 0 Å². The van der Waals surface area contributed by atoms with Crippen molar-refractivity contribution < 1.29 is 19.7 Å². The van der Waals surface area contributed by atoms with Crippen LogP contribution in [0, 0.1) is 0 Å². The maximum absolute atomic E-state index is 11.4. The van der Waals surface area contributed by atoms with E-state index in [2.05, 4.69) is 0 Å². The third-order valence-electron chi connectivity index (χ3n) is 1.82. The number of rotatable bonds is 2. The van der Waals surface area contributed by atoms with Gasteiger partial charge < -0.3 is 14.9 Å². The molecular weight excluding hydrogens is 220 g/mol. The number of benzene rings is 1. The summed E-state index contributed by atoms with van der Waals surface area (Å²) in [5, 5.41) is 18.4. The highest BCUT2D eigenvalue weighted by atomic mass is 16.6. The zero-order chi connectivity index (χ0) is 13.1. The Morgan fingerprint density at radius 2 is 1.88 bits per heavy atom. The molecule has 0 saturated heterocycles. The van der Waals surface area contributed by atoms with Crippen molar-refractivity contribution in [3.63, 3.8) is 0 Å². The molecule has 0 saturated carbocycles. The van der Waals surface area contributed by atoms with Crippen LogP contribution < -0.4 is 0 Å². The van der Waals surface area contributed by atoms with Crippen molar-refractivity contribution in [3.8, 4) is 11.5 Å². The highest BCUT2D eigenvalue weighted by Crippen LogP contribution is 2.25. The Morgan fingerprint density at radius 3 is 2.41 bits per heavy atom. The normalized spacial score (nSPS) is 11.7. The molecule has 0 aliphatic carbocycles. The van der Waals surface area contributed by atoms with E-state index in [1.54, 1.807) is 26.8 Å². The van der Waals surface area contributed by atoms with E-state index in [0.29, 0.717) is 5.56 Å². The molecule has 2 N–H and O–H groups in total. The summed E-state index contributed by atoms with van der Waals surface area (Å²) in [6, 6.07) is 4.29. The van der Waals surface area contributed by atoms with E-state index in [9.17, 15) is 9.90 Å². The second-order valence-electron chi connectivity index (χ2n) is 4.61. The van der Waals surface area contributed by atoms with Gasteiger partial charge in [0.1, 0.15) is 5.60 Å². The Labute approximate surface area is 100 Å². The lowest BCUT2D eigenvalue weighted by molar-refractivity contribution is -0.148. The standard InChI is InChI=1S/C13H16O4/c1-13(2,3)17-12(16)7-5-9-4-6-10(14)11(15)8-9/h4-8,14-15H,1-3H3/b7-5+. The van der Waals surface area contributed by atoms with Gasteiger partial charge in [-0.15, -0.1) is 0 Å². The zero-order valence-electron chi connectivity index (χ0n) is 10.1. The largest absolute Gasteiger partial charge is 0.504 e. The summed E-state index contributed by atoms with van der Waals surface area (Å²) in [5.41, 5.74) is 0.0737. The van der Waals surface area contributed by atoms with Crippen LogP contribution >= 0.6 is 0 Å². The molecule has 4 nitrogen and oxygen atoms in total. The van der Waals surface area contributed by atoms with Crippen molar-refractivity contribution in [3.05, 3.63) is 29.8 Å². The van der Waals surface area contributed by atoms with Crippen LogP contribution in [0.1, 0.15) is 26.3 Å². The van der Waals surface area contributed by atoms with Gasteiger partial charge in [-0.2, -0.15) is 0 Å². The lowest BCUT2D eigenvalue weighted by atomic mass is 10.2. The fourth-order valence-electron chi connectivity index (χ4n) is 1.14. The van der Waals surface area contributed by atoms with Gasteiger partial charge in [0.15, 0.2) is 11.5 Å².